The SMILES string of the molecule is COCCn1nnc2cc(S(=O)(=O)N3CCC[C@@H]3C(=O)NCc3ccc(C)o3)ccc21. The van der Waals surface area contributed by atoms with Crippen LogP contribution < -0.4 is 5.32 Å². The van der Waals surface area contributed by atoms with Crippen molar-refractivity contribution in [3.8, 4) is 0 Å². The van der Waals surface area contributed by atoms with Gasteiger partial charge in [-0.1, -0.05) is 5.21 Å². The van der Waals surface area contributed by atoms with Gasteiger partial charge in [-0.05, 0) is 50.1 Å². The van der Waals surface area contributed by atoms with Crippen LogP contribution in [0.5, 0.6) is 0 Å². The number of carbonyl (C=O) groups excluding carboxylic acids is 1. The van der Waals surface area contributed by atoms with E-state index in [2.05, 4.69) is 15.6 Å². The summed E-state index contributed by atoms with van der Waals surface area (Å²) in [6.07, 6.45) is 1.09. The molecule has 11 heteroatoms. The molecule has 1 N–H and O–H groups in total. The van der Waals surface area contributed by atoms with Crippen molar-refractivity contribution in [3.63, 3.8) is 0 Å². The molecule has 0 radical (unpaired) electrons. The smallest absolute Gasteiger partial charge is 0.243 e. The first kappa shape index (κ1) is 21.5. The maximum Gasteiger partial charge on any atom is 0.243 e. The van der Waals surface area contributed by atoms with E-state index in [1.807, 2.05) is 13.0 Å². The van der Waals surface area contributed by atoms with E-state index in [1.54, 1.807) is 23.9 Å². The van der Waals surface area contributed by atoms with Crippen LogP contribution in [0.3, 0.4) is 0 Å². The van der Waals surface area contributed by atoms with Gasteiger partial charge in [0.15, 0.2) is 0 Å². The quantitative estimate of drug-likeness (QED) is 0.555. The molecule has 31 heavy (non-hydrogen) atoms. The highest BCUT2D eigenvalue weighted by Gasteiger charge is 2.39. The number of benzene rings is 1. The lowest BCUT2D eigenvalue weighted by atomic mass is 10.2. The summed E-state index contributed by atoms with van der Waals surface area (Å²) in [7, 11) is -2.26. The van der Waals surface area contributed by atoms with E-state index in [9.17, 15) is 13.2 Å². The van der Waals surface area contributed by atoms with Gasteiger partial charge in [-0.25, -0.2) is 13.1 Å². The topological polar surface area (TPSA) is 120 Å². The average Bonchev–Trinajstić information content (AvgIpc) is 3.49. The van der Waals surface area contributed by atoms with Gasteiger partial charge in [0.05, 0.1) is 30.1 Å². The van der Waals surface area contributed by atoms with Crippen LogP contribution in [0.25, 0.3) is 11.0 Å². The van der Waals surface area contributed by atoms with Crippen LogP contribution in [0.4, 0.5) is 0 Å². The van der Waals surface area contributed by atoms with Crippen molar-refractivity contribution in [3.05, 3.63) is 41.9 Å². The molecule has 2 aromatic heterocycles. The van der Waals surface area contributed by atoms with E-state index >= 15 is 0 Å². The highest BCUT2D eigenvalue weighted by atomic mass is 32.2. The van der Waals surface area contributed by atoms with Gasteiger partial charge < -0.3 is 14.5 Å². The number of methoxy groups -OCH3 is 1. The molecule has 0 unspecified atom stereocenters. The second-order valence-corrected chi connectivity index (χ2v) is 9.35. The molecule has 166 valence electrons. The average molecular weight is 448 g/mol. The standard InChI is InChI=1S/C20H25N5O5S/c1-14-5-6-15(30-14)13-21-20(26)19-4-3-9-25(19)31(27,28)16-7-8-18-17(12-16)22-23-24(18)10-11-29-2/h5-8,12,19H,3-4,9-11,13H2,1-2H3,(H,21,26)/t19-/m1/s1. The Morgan fingerprint density at radius 3 is 2.90 bits per heavy atom. The number of aryl methyl sites for hydroxylation is 1. The molecule has 1 saturated heterocycles. The van der Waals surface area contributed by atoms with Crippen molar-refractivity contribution in [1.82, 2.24) is 24.6 Å². The second kappa shape index (κ2) is 8.77. The highest BCUT2D eigenvalue weighted by Crippen LogP contribution is 2.28. The minimum Gasteiger partial charge on any atom is -0.465 e. The fourth-order valence-corrected chi connectivity index (χ4v) is 5.43. The number of fused-ring (bicyclic) bond motifs is 1. The van der Waals surface area contributed by atoms with E-state index in [-0.39, 0.29) is 17.3 Å². The summed E-state index contributed by atoms with van der Waals surface area (Å²) in [4.78, 5) is 12.8. The fourth-order valence-electron chi connectivity index (χ4n) is 3.75. The molecule has 1 atom stereocenters. The van der Waals surface area contributed by atoms with E-state index in [1.165, 1.54) is 16.4 Å². The van der Waals surface area contributed by atoms with Gasteiger partial charge in [-0.15, -0.1) is 5.10 Å². The van der Waals surface area contributed by atoms with Gasteiger partial charge in [-0.2, -0.15) is 4.31 Å². The van der Waals surface area contributed by atoms with Crippen LogP contribution >= 0.6 is 0 Å². The van der Waals surface area contributed by atoms with Crippen molar-refractivity contribution in [2.45, 2.75) is 43.8 Å². The summed E-state index contributed by atoms with van der Waals surface area (Å²) in [5.41, 5.74) is 1.20. The second-order valence-electron chi connectivity index (χ2n) is 7.46. The number of furan rings is 1. The molecule has 1 aromatic carbocycles. The van der Waals surface area contributed by atoms with E-state index in [4.69, 9.17) is 9.15 Å². The van der Waals surface area contributed by atoms with Crippen molar-refractivity contribution >= 4 is 27.0 Å². The van der Waals surface area contributed by atoms with Crippen LogP contribution in [0, 0.1) is 6.92 Å². The van der Waals surface area contributed by atoms with Gasteiger partial charge in [-0.3, -0.25) is 4.79 Å². The molecule has 1 amide bonds. The Hall–Kier alpha value is -2.76. The lowest BCUT2D eigenvalue weighted by Gasteiger charge is -2.23. The first-order valence-electron chi connectivity index (χ1n) is 10.1. The first-order chi connectivity index (χ1) is 14.9. The number of ether oxygens (including phenoxy) is 1. The number of aromatic nitrogens is 3. The summed E-state index contributed by atoms with van der Waals surface area (Å²) >= 11 is 0. The van der Waals surface area contributed by atoms with Crippen molar-refractivity contribution < 1.29 is 22.4 Å². The van der Waals surface area contributed by atoms with E-state index in [0.717, 1.165) is 11.3 Å². The minimum atomic E-state index is -3.86. The summed E-state index contributed by atoms with van der Waals surface area (Å²) in [5.74, 6) is 1.05. The molecule has 1 fully saturated rings. The maximum atomic E-state index is 13.3. The van der Waals surface area contributed by atoms with E-state index < -0.39 is 16.1 Å². The predicted molar refractivity (Wildman–Crippen MR) is 112 cm³/mol. The Balaban J connectivity index is 1.52. The molecule has 3 heterocycles. The molecule has 3 aromatic rings. The largest absolute Gasteiger partial charge is 0.465 e. The Morgan fingerprint density at radius 1 is 1.32 bits per heavy atom. The first-order valence-corrected chi connectivity index (χ1v) is 11.5. The summed E-state index contributed by atoms with van der Waals surface area (Å²) in [6, 6.07) is 7.56. The van der Waals surface area contributed by atoms with Gasteiger partial charge in [0.25, 0.3) is 0 Å². The number of hydrogen-bond acceptors (Lipinski definition) is 7. The minimum absolute atomic E-state index is 0.0974. The van der Waals surface area contributed by atoms with Gasteiger partial charge >= 0.3 is 0 Å². The third-order valence-corrected chi connectivity index (χ3v) is 7.24. The normalized spacial score (nSPS) is 17.4. The molecule has 0 spiro atoms. The lowest BCUT2D eigenvalue weighted by Crippen LogP contribution is -2.45. The maximum absolute atomic E-state index is 13.3. The predicted octanol–water partition coefficient (Wildman–Crippen LogP) is 1.45. The summed E-state index contributed by atoms with van der Waals surface area (Å²) in [5, 5.41) is 10.9. The van der Waals surface area contributed by atoms with Gasteiger partial charge in [0.1, 0.15) is 23.1 Å². The fraction of sp³-hybridized carbons (Fsp3) is 0.450. The monoisotopic (exact) mass is 447 g/mol. The Kier molecular flexibility index (Phi) is 6.08. The Labute approximate surface area is 180 Å². The molecule has 1 aliphatic heterocycles. The number of carbonyl (C=O) groups is 1. The van der Waals surface area contributed by atoms with Crippen LogP contribution in [0.15, 0.2) is 39.6 Å². The molecule has 10 nitrogen and oxygen atoms in total. The zero-order valence-electron chi connectivity index (χ0n) is 17.4. The molecular formula is C20H25N5O5S. The third kappa shape index (κ3) is 4.34. The molecule has 0 saturated carbocycles. The van der Waals surface area contributed by atoms with Gasteiger partial charge in [0.2, 0.25) is 15.9 Å². The summed E-state index contributed by atoms with van der Waals surface area (Å²) < 4.78 is 40.1. The van der Waals surface area contributed by atoms with Crippen molar-refractivity contribution in [2.24, 2.45) is 0 Å². The summed E-state index contributed by atoms with van der Waals surface area (Å²) in [6.45, 7) is 3.32. The van der Waals surface area contributed by atoms with Crippen LogP contribution in [-0.2, 0) is 32.6 Å². The number of hydrogen-bond donors (Lipinski definition) is 1. The van der Waals surface area contributed by atoms with Crippen LogP contribution in [-0.4, -0.2) is 59.9 Å². The molecule has 0 aliphatic carbocycles. The Bertz CT molecular complexity index is 1190. The number of nitrogens with one attached hydrogen (secondary N) is 1. The zero-order chi connectivity index (χ0) is 22.0. The number of amides is 1. The molecule has 4 rings (SSSR count). The van der Waals surface area contributed by atoms with Crippen molar-refractivity contribution in [1.29, 1.82) is 0 Å². The van der Waals surface area contributed by atoms with E-state index in [0.29, 0.717) is 43.8 Å². The number of rotatable bonds is 8. The third-order valence-electron chi connectivity index (χ3n) is 5.34. The van der Waals surface area contributed by atoms with Crippen LogP contribution in [0.1, 0.15) is 24.4 Å². The molecule has 0 bridgehead atoms. The highest BCUT2D eigenvalue weighted by molar-refractivity contribution is 7.89. The molecule has 1 aliphatic rings. The lowest BCUT2D eigenvalue weighted by molar-refractivity contribution is -0.124. The van der Waals surface area contributed by atoms with Crippen molar-refractivity contribution in [2.75, 3.05) is 20.3 Å². The van der Waals surface area contributed by atoms with Gasteiger partial charge in [0, 0.05) is 13.7 Å². The number of nitrogens with zero attached hydrogens (tertiary/aromatic N) is 4. The van der Waals surface area contributed by atoms with Crippen LogP contribution in [0.2, 0.25) is 0 Å². The number of sulfonamides is 1. The molecular weight excluding hydrogens is 422 g/mol. The Morgan fingerprint density at radius 2 is 2.16 bits per heavy atom. The zero-order valence-corrected chi connectivity index (χ0v) is 18.3.